The molecule has 0 fully saturated rings. The molecule has 1 heterocycles. The van der Waals surface area contributed by atoms with Gasteiger partial charge in [-0.25, -0.2) is 4.99 Å². The van der Waals surface area contributed by atoms with Crippen LogP contribution in [0, 0.1) is 0 Å². The van der Waals surface area contributed by atoms with E-state index >= 15 is 0 Å². The summed E-state index contributed by atoms with van der Waals surface area (Å²) in [5, 5.41) is 3.12. The highest BCUT2D eigenvalue weighted by atomic mass is 16.1. The number of rotatable bonds is 21. The van der Waals surface area contributed by atoms with Crippen LogP contribution < -0.4 is 5.32 Å². The fourth-order valence-electron chi connectivity index (χ4n) is 5.29. The van der Waals surface area contributed by atoms with Gasteiger partial charge >= 0.3 is 0 Å². The third kappa shape index (κ3) is 12.8. The lowest BCUT2D eigenvalue weighted by molar-refractivity contribution is -0.959. The van der Waals surface area contributed by atoms with Crippen LogP contribution in [0.1, 0.15) is 137 Å². The van der Waals surface area contributed by atoms with Gasteiger partial charge in [-0.3, -0.25) is 9.28 Å². The Bertz CT molecular complexity index is 545. The lowest BCUT2D eigenvalue weighted by atomic mass is 10.0. The van der Waals surface area contributed by atoms with E-state index in [4.69, 9.17) is 4.99 Å². The molecule has 0 aliphatic carbocycles. The summed E-state index contributed by atoms with van der Waals surface area (Å²) < 4.78 is 0.882. The van der Waals surface area contributed by atoms with Crippen LogP contribution in [0.4, 0.5) is 0 Å². The first-order valence-corrected chi connectivity index (χ1v) is 14.4. The number of unbranched alkanes of at least 4 members (excludes halogenated alkanes) is 14. The van der Waals surface area contributed by atoms with E-state index in [1.165, 1.54) is 103 Å². The molecule has 0 aromatic rings. The second kappa shape index (κ2) is 19.2. The molecular formula is C29H56N3O+. The van der Waals surface area contributed by atoms with E-state index in [0.717, 1.165) is 24.0 Å². The molecule has 0 bridgehead atoms. The number of allylic oxidation sites excluding steroid dienone is 2. The van der Waals surface area contributed by atoms with Gasteiger partial charge in [0.05, 0.1) is 12.8 Å². The van der Waals surface area contributed by atoms with Crippen molar-refractivity contribution in [3.8, 4) is 0 Å². The van der Waals surface area contributed by atoms with Crippen molar-refractivity contribution in [2.75, 3.05) is 13.1 Å². The topological polar surface area (TPSA) is 41.5 Å². The van der Waals surface area contributed by atoms with Gasteiger partial charge in [-0.05, 0) is 39.0 Å². The minimum absolute atomic E-state index is 0.0586. The highest BCUT2D eigenvalue weighted by Gasteiger charge is 2.42. The summed E-state index contributed by atoms with van der Waals surface area (Å²) in [6, 6.07) is 0. The number of nitrogens with zero attached hydrogens (tertiary/aromatic N) is 2. The lowest BCUT2D eigenvalue weighted by Crippen LogP contribution is -2.63. The molecule has 3 unspecified atom stereocenters. The number of amides is 1. The molecule has 192 valence electrons. The summed E-state index contributed by atoms with van der Waals surface area (Å²) in [5.74, 6) is 0.0586. The summed E-state index contributed by atoms with van der Waals surface area (Å²) in [6.07, 6.45) is 30.2. The molecule has 1 aliphatic heterocycles. The van der Waals surface area contributed by atoms with Crippen LogP contribution in [0.3, 0.4) is 0 Å². The Labute approximate surface area is 206 Å². The molecular weight excluding hydrogens is 406 g/mol. The molecule has 1 aliphatic rings. The molecule has 0 radical (unpaired) electrons. The number of nitrogens with one attached hydrogen (secondary N) is 1. The second-order valence-electron chi connectivity index (χ2n) is 10.2. The van der Waals surface area contributed by atoms with E-state index in [-0.39, 0.29) is 12.1 Å². The highest BCUT2D eigenvalue weighted by molar-refractivity contribution is 5.73. The second-order valence-corrected chi connectivity index (χ2v) is 10.2. The molecule has 0 spiro atoms. The largest absolute Gasteiger partial charge is 0.307 e. The Balaban J connectivity index is 1.98. The van der Waals surface area contributed by atoms with E-state index < -0.39 is 0 Å². The fourth-order valence-corrected chi connectivity index (χ4v) is 5.29. The van der Waals surface area contributed by atoms with Crippen LogP contribution in [-0.4, -0.2) is 42.0 Å². The van der Waals surface area contributed by atoms with E-state index in [1.807, 2.05) is 0 Å². The summed E-state index contributed by atoms with van der Waals surface area (Å²) in [4.78, 5) is 16.3. The zero-order valence-corrected chi connectivity index (χ0v) is 22.6. The Kier molecular flexibility index (Phi) is 17.4. The lowest BCUT2D eigenvalue weighted by Gasteiger charge is -2.42. The van der Waals surface area contributed by atoms with Crippen molar-refractivity contribution in [1.29, 1.82) is 0 Å². The zero-order chi connectivity index (χ0) is 24.2. The Morgan fingerprint density at radius 1 is 0.909 bits per heavy atom. The molecule has 4 heteroatoms. The van der Waals surface area contributed by atoms with Gasteiger partial charge in [0.1, 0.15) is 6.54 Å². The van der Waals surface area contributed by atoms with Gasteiger partial charge < -0.3 is 5.32 Å². The third-order valence-corrected chi connectivity index (χ3v) is 7.54. The van der Waals surface area contributed by atoms with Gasteiger partial charge in [0.2, 0.25) is 5.91 Å². The Hall–Kier alpha value is -1.16. The number of carbonyl (C=O) groups is 1. The van der Waals surface area contributed by atoms with Crippen molar-refractivity contribution < 1.29 is 9.28 Å². The van der Waals surface area contributed by atoms with Crippen LogP contribution >= 0.6 is 0 Å². The molecule has 1 N–H and O–H groups in total. The first-order valence-electron chi connectivity index (χ1n) is 14.4. The van der Waals surface area contributed by atoms with Gasteiger partial charge in [-0.15, -0.1) is 0 Å². The van der Waals surface area contributed by atoms with Gasteiger partial charge in [0.15, 0.2) is 12.3 Å². The smallest absolute Gasteiger partial charge is 0.221 e. The summed E-state index contributed by atoms with van der Waals surface area (Å²) >= 11 is 0. The van der Waals surface area contributed by atoms with Crippen molar-refractivity contribution in [2.24, 2.45) is 4.99 Å². The number of aliphatic imine (C=N–C) groups is 1. The van der Waals surface area contributed by atoms with Crippen molar-refractivity contribution in [3.05, 3.63) is 12.2 Å². The SMILES string of the molecule is CCCCCCCC/C=C/CCCCCCCCCCC1N=CC[N+]1(CC)C(C)NC(C)=O. The normalized spacial score (nSPS) is 21.2. The summed E-state index contributed by atoms with van der Waals surface area (Å²) in [5.41, 5.74) is 0. The minimum atomic E-state index is 0.0586. The van der Waals surface area contributed by atoms with E-state index in [2.05, 4.69) is 44.5 Å². The van der Waals surface area contributed by atoms with Gasteiger partial charge in [0, 0.05) is 20.3 Å². The quantitative estimate of drug-likeness (QED) is 0.105. The first-order chi connectivity index (χ1) is 16.1. The predicted molar refractivity (Wildman–Crippen MR) is 145 cm³/mol. The van der Waals surface area contributed by atoms with Crippen molar-refractivity contribution in [1.82, 2.24) is 5.32 Å². The van der Waals surface area contributed by atoms with Crippen LogP contribution in [0.2, 0.25) is 0 Å². The molecule has 33 heavy (non-hydrogen) atoms. The molecule has 4 nitrogen and oxygen atoms in total. The average Bonchev–Trinajstić information content (AvgIpc) is 3.22. The van der Waals surface area contributed by atoms with Crippen LogP contribution in [0.5, 0.6) is 0 Å². The van der Waals surface area contributed by atoms with E-state index in [9.17, 15) is 4.79 Å². The zero-order valence-electron chi connectivity index (χ0n) is 22.6. The fraction of sp³-hybridized carbons (Fsp3) is 0.862. The predicted octanol–water partition coefficient (Wildman–Crippen LogP) is 7.92. The average molecular weight is 463 g/mol. The van der Waals surface area contributed by atoms with Crippen molar-refractivity contribution in [2.45, 2.75) is 149 Å². The molecule has 1 amide bonds. The third-order valence-electron chi connectivity index (χ3n) is 7.54. The molecule has 0 saturated carbocycles. The van der Waals surface area contributed by atoms with E-state index in [0.29, 0.717) is 6.17 Å². The highest BCUT2D eigenvalue weighted by Crippen LogP contribution is 2.27. The number of carbonyl (C=O) groups excluding carboxylic acids is 1. The summed E-state index contributed by atoms with van der Waals surface area (Å²) in [6.45, 7) is 10.2. The molecule has 0 aromatic carbocycles. The molecule has 0 aromatic heterocycles. The van der Waals surface area contributed by atoms with Gasteiger partial charge in [-0.2, -0.15) is 0 Å². The monoisotopic (exact) mass is 462 g/mol. The van der Waals surface area contributed by atoms with Crippen LogP contribution in [0.25, 0.3) is 0 Å². The molecule has 3 atom stereocenters. The molecule has 0 saturated heterocycles. The Morgan fingerprint density at radius 3 is 1.94 bits per heavy atom. The summed E-state index contributed by atoms with van der Waals surface area (Å²) in [7, 11) is 0. The Morgan fingerprint density at radius 2 is 1.42 bits per heavy atom. The van der Waals surface area contributed by atoms with Crippen LogP contribution in [0.15, 0.2) is 17.1 Å². The first kappa shape index (κ1) is 29.9. The maximum absolute atomic E-state index is 11.5. The van der Waals surface area contributed by atoms with Crippen LogP contribution in [-0.2, 0) is 4.79 Å². The maximum Gasteiger partial charge on any atom is 0.221 e. The standard InChI is InChI=1S/C29H55N3O/c1-5-7-8-9-10-11-12-13-14-15-16-17-18-19-20-21-22-23-24-29-30-25-26-32(29,6-2)27(3)31-28(4)33/h13-14,25,27,29H,5-12,15-24,26H2,1-4H3/p+1/b14-13+. The molecule has 1 rings (SSSR count). The number of quaternary nitrogens is 1. The van der Waals surface area contributed by atoms with Gasteiger partial charge in [0.25, 0.3) is 0 Å². The number of hydrogen-bond acceptors (Lipinski definition) is 2. The van der Waals surface area contributed by atoms with Crippen molar-refractivity contribution >= 4 is 12.1 Å². The number of hydrogen-bond donors (Lipinski definition) is 1. The van der Waals surface area contributed by atoms with Crippen molar-refractivity contribution in [3.63, 3.8) is 0 Å². The van der Waals surface area contributed by atoms with Gasteiger partial charge in [-0.1, -0.05) is 89.7 Å². The minimum Gasteiger partial charge on any atom is -0.307 e. The van der Waals surface area contributed by atoms with E-state index in [1.54, 1.807) is 6.92 Å². The maximum atomic E-state index is 11.5.